The Balaban J connectivity index is 1.78. The molecule has 2 aromatic carbocycles. The molecule has 2 heterocycles. The Morgan fingerprint density at radius 2 is 1.88 bits per heavy atom. The average molecular weight is 349 g/mol. The number of para-hydroxylation sites is 1. The van der Waals surface area contributed by atoms with Gasteiger partial charge in [-0.1, -0.05) is 30.3 Å². The standard InChI is InChI=1S/C20H19N3O3/c1-22-11-10-17-18(20(22)25)15-4-2-3-5-16(15)23(17)12-13-6-8-14(9-7-13)19(24)21-26/h2-9,26H,10-12H2,1H3,(H,21,24). The lowest BCUT2D eigenvalue weighted by atomic mass is 10.0. The van der Waals surface area contributed by atoms with Crippen molar-refractivity contribution in [3.63, 3.8) is 0 Å². The van der Waals surface area contributed by atoms with E-state index in [1.807, 2.05) is 43.4 Å². The fourth-order valence-corrected chi connectivity index (χ4v) is 3.61. The van der Waals surface area contributed by atoms with Crippen LogP contribution in [0.3, 0.4) is 0 Å². The van der Waals surface area contributed by atoms with Gasteiger partial charge in [-0.05, 0) is 23.8 Å². The van der Waals surface area contributed by atoms with Crippen molar-refractivity contribution >= 4 is 22.7 Å². The topological polar surface area (TPSA) is 74.6 Å². The molecule has 4 rings (SSSR count). The monoisotopic (exact) mass is 349 g/mol. The van der Waals surface area contributed by atoms with E-state index in [1.54, 1.807) is 22.5 Å². The number of carbonyl (C=O) groups is 2. The van der Waals surface area contributed by atoms with E-state index in [1.165, 1.54) is 0 Å². The van der Waals surface area contributed by atoms with E-state index in [9.17, 15) is 9.59 Å². The van der Waals surface area contributed by atoms with Gasteiger partial charge in [-0.2, -0.15) is 0 Å². The molecule has 0 bridgehead atoms. The molecule has 0 saturated heterocycles. The molecule has 0 unspecified atom stereocenters. The molecule has 0 aliphatic carbocycles. The van der Waals surface area contributed by atoms with Crippen LogP contribution < -0.4 is 5.48 Å². The molecule has 1 aliphatic rings. The molecule has 6 heteroatoms. The number of nitrogens with zero attached hydrogens (tertiary/aromatic N) is 2. The molecule has 3 aromatic rings. The van der Waals surface area contributed by atoms with Crippen LogP contribution in [-0.4, -0.2) is 40.1 Å². The fourth-order valence-electron chi connectivity index (χ4n) is 3.61. The lowest BCUT2D eigenvalue weighted by Gasteiger charge is -2.24. The third-order valence-corrected chi connectivity index (χ3v) is 4.98. The second-order valence-electron chi connectivity index (χ2n) is 6.54. The van der Waals surface area contributed by atoms with Gasteiger partial charge in [-0.25, -0.2) is 5.48 Å². The largest absolute Gasteiger partial charge is 0.341 e. The number of aromatic nitrogens is 1. The highest BCUT2D eigenvalue weighted by Crippen LogP contribution is 2.31. The zero-order chi connectivity index (χ0) is 18.3. The van der Waals surface area contributed by atoms with Crippen molar-refractivity contribution in [2.45, 2.75) is 13.0 Å². The van der Waals surface area contributed by atoms with Gasteiger partial charge in [-0.15, -0.1) is 0 Å². The van der Waals surface area contributed by atoms with Gasteiger partial charge in [-0.3, -0.25) is 14.8 Å². The van der Waals surface area contributed by atoms with Crippen molar-refractivity contribution in [3.8, 4) is 0 Å². The minimum Gasteiger partial charge on any atom is -0.341 e. The normalized spacial score (nSPS) is 13.8. The molecule has 2 N–H and O–H groups in total. The number of rotatable bonds is 3. The molecular weight excluding hydrogens is 330 g/mol. The van der Waals surface area contributed by atoms with Gasteiger partial charge < -0.3 is 9.47 Å². The third kappa shape index (κ3) is 2.55. The van der Waals surface area contributed by atoms with Gasteiger partial charge >= 0.3 is 0 Å². The van der Waals surface area contributed by atoms with Crippen LogP contribution in [0.25, 0.3) is 10.9 Å². The molecule has 0 fully saturated rings. The van der Waals surface area contributed by atoms with Crippen LogP contribution in [0.5, 0.6) is 0 Å². The van der Waals surface area contributed by atoms with Gasteiger partial charge in [0.2, 0.25) is 0 Å². The number of hydrogen-bond donors (Lipinski definition) is 2. The first-order valence-corrected chi connectivity index (χ1v) is 8.49. The van der Waals surface area contributed by atoms with Crippen molar-refractivity contribution in [3.05, 3.63) is 70.9 Å². The molecule has 6 nitrogen and oxygen atoms in total. The predicted octanol–water partition coefficient (Wildman–Crippen LogP) is 2.44. The van der Waals surface area contributed by atoms with Gasteiger partial charge in [0.25, 0.3) is 11.8 Å². The van der Waals surface area contributed by atoms with Crippen LogP contribution in [0.4, 0.5) is 0 Å². The number of hydrogen-bond acceptors (Lipinski definition) is 3. The first kappa shape index (κ1) is 16.4. The first-order valence-electron chi connectivity index (χ1n) is 8.49. The second-order valence-corrected chi connectivity index (χ2v) is 6.54. The molecule has 0 spiro atoms. The number of likely N-dealkylation sites (N-methyl/N-ethyl adjacent to an activating group) is 1. The van der Waals surface area contributed by atoms with E-state index in [4.69, 9.17) is 5.21 Å². The summed E-state index contributed by atoms with van der Waals surface area (Å²) in [7, 11) is 1.84. The van der Waals surface area contributed by atoms with Gasteiger partial charge in [0.1, 0.15) is 0 Å². The molecule has 2 amide bonds. The smallest absolute Gasteiger partial charge is 0.274 e. The number of hydroxylamine groups is 1. The SMILES string of the molecule is CN1CCc2c(c3ccccc3n2Cc2ccc(C(=O)NO)cc2)C1=O. The van der Waals surface area contributed by atoms with Crippen molar-refractivity contribution in [1.82, 2.24) is 14.9 Å². The summed E-state index contributed by atoms with van der Waals surface area (Å²) in [6.07, 6.45) is 0.817. The van der Waals surface area contributed by atoms with Crippen molar-refractivity contribution in [2.24, 2.45) is 0 Å². The second kappa shape index (κ2) is 6.31. The summed E-state index contributed by atoms with van der Waals surface area (Å²) in [5.41, 5.74) is 5.95. The van der Waals surface area contributed by atoms with Gasteiger partial charge in [0.15, 0.2) is 0 Å². The average Bonchev–Trinajstić information content (AvgIpc) is 2.99. The van der Waals surface area contributed by atoms with Crippen LogP contribution in [0.2, 0.25) is 0 Å². The van der Waals surface area contributed by atoms with Gasteiger partial charge in [0.05, 0.1) is 5.56 Å². The van der Waals surface area contributed by atoms with E-state index in [-0.39, 0.29) is 5.91 Å². The highest BCUT2D eigenvalue weighted by Gasteiger charge is 2.28. The summed E-state index contributed by atoms with van der Waals surface area (Å²) in [5, 5.41) is 9.70. The third-order valence-electron chi connectivity index (χ3n) is 4.98. The summed E-state index contributed by atoms with van der Waals surface area (Å²) >= 11 is 0. The maximum atomic E-state index is 12.7. The summed E-state index contributed by atoms with van der Waals surface area (Å²) in [6, 6.07) is 15.1. The molecule has 1 aromatic heterocycles. The number of fused-ring (bicyclic) bond motifs is 3. The Kier molecular flexibility index (Phi) is 3.97. The van der Waals surface area contributed by atoms with Crippen LogP contribution in [0.15, 0.2) is 48.5 Å². The maximum Gasteiger partial charge on any atom is 0.274 e. The van der Waals surface area contributed by atoms with Crippen molar-refractivity contribution < 1.29 is 14.8 Å². The van der Waals surface area contributed by atoms with Gasteiger partial charge in [0, 0.05) is 48.7 Å². The Morgan fingerprint density at radius 1 is 1.15 bits per heavy atom. The Morgan fingerprint density at radius 3 is 2.62 bits per heavy atom. The predicted molar refractivity (Wildman–Crippen MR) is 97.4 cm³/mol. The Labute approximate surface area is 150 Å². The number of nitrogens with one attached hydrogen (secondary N) is 1. The number of amides is 2. The van der Waals surface area contributed by atoms with Crippen molar-refractivity contribution in [2.75, 3.05) is 13.6 Å². The Bertz CT molecular complexity index is 1010. The summed E-state index contributed by atoms with van der Waals surface area (Å²) < 4.78 is 2.19. The first-order chi connectivity index (χ1) is 12.6. The molecule has 26 heavy (non-hydrogen) atoms. The lowest BCUT2D eigenvalue weighted by Crippen LogP contribution is -2.34. The minimum absolute atomic E-state index is 0.0659. The summed E-state index contributed by atoms with van der Waals surface area (Å²) in [6.45, 7) is 1.33. The van der Waals surface area contributed by atoms with Crippen LogP contribution in [0.1, 0.15) is 32.0 Å². The molecule has 0 saturated carbocycles. The summed E-state index contributed by atoms with van der Waals surface area (Å²) in [4.78, 5) is 25.9. The highest BCUT2D eigenvalue weighted by atomic mass is 16.5. The summed E-state index contributed by atoms with van der Waals surface area (Å²) in [5.74, 6) is -0.467. The molecule has 0 atom stereocenters. The van der Waals surface area contributed by atoms with Crippen LogP contribution in [0, 0.1) is 0 Å². The van der Waals surface area contributed by atoms with Crippen molar-refractivity contribution in [1.29, 1.82) is 0 Å². The number of benzene rings is 2. The molecule has 0 radical (unpaired) electrons. The van der Waals surface area contributed by atoms with E-state index in [2.05, 4.69) is 4.57 Å². The van der Waals surface area contributed by atoms with E-state index < -0.39 is 5.91 Å². The molecular formula is C20H19N3O3. The molecule has 1 aliphatic heterocycles. The highest BCUT2D eigenvalue weighted by molar-refractivity contribution is 6.09. The van der Waals surface area contributed by atoms with E-state index >= 15 is 0 Å². The quantitative estimate of drug-likeness (QED) is 0.563. The zero-order valence-corrected chi connectivity index (χ0v) is 14.4. The number of carbonyl (C=O) groups excluding carboxylic acids is 2. The zero-order valence-electron chi connectivity index (χ0n) is 14.4. The van der Waals surface area contributed by atoms with E-state index in [0.29, 0.717) is 18.7 Å². The Hall–Kier alpha value is -3.12. The van der Waals surface area contributed by atoms with E-state index in [0.717, 1.165) is 34.1 Å². The molecule has 132 valence electrons. The fraction of sp³-hybridized carbons (Fsp3) is 0.200. The van der Waals surface area contributed by atoms with Crippen LogP contribution >= 0.6 is 0 Å². The minimum atomic E-state index is -0.533. The maximum absolute atomic E-state index is 12.7. The van der Waals surface area contributed by atoms with Crippen LogP contribution in [-0.2, 0) is 13.0 Å². The lowest BCUT2D eigenvalue weighted by molar-refractivity contribution is 0.0706.